The Labute approximate surface area is 176 Å². The van der Waals surface area contributed by atoms with Gasteiger partial charge in [0.05, 0.1) is 5.39 Å². The summed E-state index contributed by atoms with van der Waals surface area (Å²) in [6.45, 7) is 4.05. The van der Waals surface area contributed by atoms with E-state index in [2.05, 4.69) is 43.3 Å². The van der Waals surface area contributed by atoms with Gasteiger partial charge in [-0.15, -0.1) is 22.7 Å². The molecular weight excluding hydrogens is 404 g/mol. The van der Waals surface area contributed by atoms with Crippen LogP contribution in [0.2, 0.25) is 0 Å². The van der Waals surface area contributed by atoms with Crippen LogP contribution in [-0.2, 0) is 19.5 Å². The molecular formula is C20H22N6OS2. The Hall–Kier alpha value is -2.52. The van der Waals surface area contributed by atoms with Gasteiger partial charge >= 0.3 is 5.69 Å². The molecule has 4 aromatic rings. The molecule has 1 aliphatic heterocycles. The first-order chi connectivity index (χ1) is 14.2. The fraction of sp³-hybridized carbons (Fsp3) is 0.400. The molecule has 5 rings (SSSR count). The highest BCUT2D eigenvalue weighted by atomic mass is 32.1. The van der Waals surface area contributed by atoms with Gasteiger partial charge in [-0.3, -0.25) is 4.57 Å². The van der Waals surface area contributed by atoms with Crippen molar-refractivity contribution in [1.29, 1.82) is 0 Å². The van der Waals surface area contributed by atoms with E-state index in [9.17, 15) is 4.79 Å². The van der Waals surface area contributed by atoms with Gasteiger partial charge in [0.15, 0.2) is 0 Å². The van der Waals surface area contributed by atoms with Crippen LogP contribution in [-0.4, -0.2) is 30.9 Å². The Balaban J connectivity index is 1.33. The molecule has 0 aliphatic carbocycles. The number of anilines is 1. The Bertz CT molecular complexity index is 1200. The molecule has 0 amide bonds. The van der Waals surface area contributed by atoms with E-state index in [1.807, 2.05) is 11.5 Å². The van der Waals surface area contributed by atoms with E-state index < -0.39 is 0 Å². The summed E-state index contributed by atoms with van der Waals surface area (Å²) >= 11 is 3.37. The minimum Gasteiger partial charge on any atom is -0.369 e. The summed E-state index contributed by atoms with van der Waals surface area (Å²) < 4.78 is 3.44. The number of aryl methyl sites for hydroxylation is 3. The average Bonchev–Trinajstić information content (AvgIpc) is 3.44. The molecule has 0 atom stereocenters. The van der Waals surface area contributed by atoms with Crippen molar-refractivity contribution in [1.82, 2.24) is 24.3 Å². The Morgan fingerprint density at radius 2 is 2.17 bits per heavy atom. The van der Waals surface area contributed by atoms with Crippen LogP contribution < -0.4 is 11.0 Å². The predicted octanol–water partition coefficient (Wildman–Crippen LogP) is 3.92. The number of nitrogens with one attached hydrogen (secondary N) is 1. The summed E-state index contributed by atoms with van der Waals surface area (Å²) in [5.74, 6) is 2.56. The second kappa shape index (κ2) is 7.72. The van der Waals surface area contributed by atoms with Crippen LogP contribution in [0.1, 0.15) is 30.9 Å². The van der Waals surface area contributed by atoms with Gasteiger partial charge < -0.3 is 5.32 Å². The van der Waals surface area contributed by atoms with E-state index >= 15 is 0 Å². The average molecular weight is 427 g/mol. The number of aromatic nitrogens is 5. The van der Waals surface area contributed by atoms with Crippen molar-refractivity contribution < 1.29 is 0 Å². The molecule has 0 saturated heterocycles. The fourth-order valence-electron chi connectivity index (χ4n) is 3.82. The quantitative estimate of drug-likeness (QED) is 0.473. The SMILES string of the molecule is Cc1nc(NCCCn2nc3n(c2=O)CCCC3)c2c(-c3cccs3)csc2n1. The lowest BCUT2D eigenvalue weighted by molar-refractivity contribution is 0.510. The molecule has 5 heterocycles. The maximum absolute atomic E-state index is 12.5. The largest absolute Gasteiger partial charge is 0.369 e. The molecule has 1 N–H and O–H groups in total. The predicted molar refractivity (Wildman–Crippen MR) is 118 cm³/mol. The van der Waals surface area contributed by atoms with Gasteiger partial charge in [0.1, 0.15) is 22.3 Å². The molecule has 0 saturated carbocycles. The second-order valence-corrected chi connectivity index (χ2v) is 9.04. The lowest BCUT2D eigenvalue weighted by atomic mass is 10.2. The highest BCUT2D eigenvalue weighted by Gasteiger charge is 2.17. The van der Waals surface area contributed by atoms with Crippen LogP contribution >= 0.6 is 22.7 Å². The molecule has 150 valence electrons. The van der Waals surface area contributed by atoms with Crippen molar-refractivity contribution in [2.45, 2.75) is 45.7 Å². The van der Waals surface area contributed by atoms with Gasteiger partial charge in [0.2, 0.25) is 0 Å². The van der Waals surface area contributed by atoms with E-state index in [0.29, 0.717) is 6.54 Å². The molecule has 1 aliphatic rings. The normalized spacial score (nSPS) is 13.7. The van der Waals surface area contributed by atoms with Gasteiger partial charge in [0.25, 0.3) is 0 Å². The number of rotatable bonds is 6. The highest BCUT2D eigenvalue weighted by Crippen LogP contribution is 2.38. The molecule has 0 spiro atoms. The number of hydrogen-bond donors (Lipinski definition) is 1. The Kier molecular flexibility index (Phi) is 4.92. The molecule has 4 aromatic heterocycles. The first-order valence-corrected chi connectivity index (χ1v) is 11.7. The molecule has 0 bridgehead atoms. The minimum atomic E-state index is 0.0257. The van der Waals surface area contributed by atoms with E-state index in [-0.39, 0.29) is 5.69 Å². The maximum Gasteiger partial charge on any atom is 0.345 e. The van der Waals surface area contributed by atoms with Crippen molar-refractivity contribution in [2.75, 3.05) is 11.9 Å². The molecule has 29 heavy (non-hydrogen) atoms. The molecule has 0 fully saturated rings. The van der Waals surface area contributed by atoms with Gasteiger partial charge in [-0.2, -0.15) is 5.10 Å². The zero-order chi connectivity index (χ0) is 19.8. The van der Waals surface area contributed by atoms with Crippen molar-refractivity contribution in [2.24, 2.45) is 0 Å². The van der Waals surface area contributed by atoms with Crippen LogP contribution in [0.15, 0.2) is 27.7 Å². The van der Waals surface area contributed by atoms with E-state index in [1.165, 1.54) is 10.4 Å². The minimum absolute atomic E-state index is 0.0257. The summed E-state index contributed by atoms with van der Waals surface area (Å²) in [6, 6.07) is 4.19. The van der Waals surface area contributed by atoms with Crippen molar-refractivity contribution in [3.8, 4) is 10.4 Å². The Morgan fingerprint density at radius 1 is 1.24 bits per heavy atom. The lowest BCUT2D eigenvalue weighted by Crippen LogP contribution is -2.27. The van der Waals surface area contributed by atoms with E-state index in [0.717, 1.165) is 66.5 Å². The van der Waals surface area contributed by atoms with Gasteiger partial charge in [-0.1, -0.05) is 6.07 Å². The third-order valence-corrected chi connectivity index (χ3v) is 6.98. The third-order valence-electron chi connectivity index (χ3n) is 5.20. The first-order valence-electron chi connectivity index (χ1n) is 9.91. The third kappa shape index (κ3) is 3.49. The number of fused-ring (bicyclic) bond motifs is 2. The van der Waals surface area contributed by atoms with Crippen molar-refractivity contribution in [3.05, 3.63) is 45.0 Å². The molecule has 7 nitrogen and oxygen atoms in total. The highest BCUT2D eigenvalue weighted by molar-refractivity contribution is 7.18. The molecule has 0 radical (unpaired) electrons. The van der Waals surface area contributed by atoms with Gasteiger partial charge in [0, 0.05) is 41.9 Å². The monoisotopic (exact) mass is 426 g/mol. The maximum atomic E-state index is 12.5. The van der Waals surface area contributed by atoms with Crippen LogP contribution in [0, 0.1) is 6.92 Å². The number of hydrogen-bond acceptors (Lipinski definition) is 7. The molecule has 0 unspecified atom stereocenters. The van der Waals surface area contributed by atoms with E-state index in [1.54, 1.807) is 27.4 Å². The molecule has 0 aromatic carbocycles. The topological polar surface area (TPSA) is 77.6 Å². The number of nitrogens with zero attached hydrogens (tertiary/aromatic N) is 5. The first kappa shape index (κ1) is 18.5. The van der Waals surface area contributed by atoms with Crippen LogP contribution in [0.5, 0.6) is 0 Å². The van der Waals surface area contributed by atoms with Crippen LogP contribution in [0.3, 0.4) is 0 Å². The molecule has 9 heteroatoms. The van der Waals surface area contributed by atoms with Gasteiger partial charge in [-0.25, -0.2) is 19.4 Å². The summed E-state index contributed by atoms with van der Waals surface area (Å²) in [6.07, 6.45) is 3.90. The smallest absolute Gasteiger partial charge is 0.345 e. The van der Waals surface area contributed by atoms with Crippen LogP contribution in [0.4, 0.5) is 5.82 Å². The summed E-state index contributed by atoms with van der Waals surface area (Å²) in [4.78, 5) is 24.0. The second-order valence-electron chi connectivity index (χ2n) is 7.24. The number of thiophene rings is 2. The van der Waals surface area contributed by atoms with E-state index in [4.69, 9.17) is 0 Å². The standard InChI is InChI=1S/C20H22N6OS2/c1-13-22-18(17-14(12-29-19(17)23-13)15-6-4-11-28-15)21-8-5-10-26-20(27)25-9-3-2-7-16(25)24-26/h4,6,11-12H,2-3,5,7-10H2,1H3,(H,21,22,23). The summed E-state index contributed by atoms with van der Waals surface area (Å²) in [5, 5.41) is 13.3. The Morgan fingerprint density at radius 3 is 3.00 bits per heavy atom. The van der Waals surface area contributed by atoms with Crippen molar-refractivity contribution >= 4 is 38.7 Å². The zero-order valence-corrected chi connectivity index (χ0v) is 17.9. The summed E-state index contributed by atoms with van der Waals surface area (Å²) in [5.41, 5.74) is 1.21. The van der Waals surface area contributed by atoms with Gasteiger partial charge in [-0.05, 0) is 37.6 Å². The van der Waals surface area contributed by atoms with Crippen LogP contribution in [0.25, 0.3) is 20.7 Å². The van der Waals surface area contributed by atoms with Crippen molar-refractivity contribution in [3.63, 3.8) is 0 Å². The fourth-order valence-corrected chi connectivity index (χ4v) is 5.63. The lowest BCUT2D eigenvalue weighted by Gasteiger charge is -2.09. The zero-order valence-electron chi connectivity index (χ0n) is 16.2. The summed E-state index contributed by atoms with van der Waals surface area (Å²) in [7, 11) is 0.